The minimum Gasteiger partial charge on any atom is -0.445 e. The van der Waals surface area contributed by atoms with E-state index in [0.29, 0.717) is 31.6 Å². The van der Waals surface area contributed by atoms with E-state index in [2.05, 4.69) is 33.2 Å². The van der Waals surface area contributed by atoms with Gasteiger partial charge < -0.3 is 25.6 Å². The smallest absolute Gasteiger partial charge is 0.407 e. The number of hydrogen-bond acceptors (Lipinski definition) is 7. The quantitative estimate of drug-likeness (QED) is 0.168. The SMILES string of the molecule is CCCCC(=O)N1Cc2ccccc2-c2c(nnn2-c2cccc(COC(=O)NCCCC[C@H](NC)C(=O)NC)c2)-c2ccccc21. The van der Waals surface area contributed by atoms with Crippen molar-refractivity contribution in [2.75, 3.05) is 25.5 Å². The number of amides is 3. The van der Waals surface area contributed by atoms with Gasteiger partial charge in [-0.05, 0) is 62.1 Å². The molecule has 11 heteroatoms. The van der Waals surface area contributed by atoms with Crippen LogP contribution in [-0.2, 0) is 27.5 Å². The summed E-state index contributed by atoms with van der Waals surface area (Å²) < 4.78 is 7.33. The lowest BCUT2D eigenvalue weighted by Crippen LogP contribution is -2.41. The zero-order chi connectivity index (χ0) is 33.2. The molecule has 5 rings (SSSR count). The number of benzene rings is 3. The van der Waals surface area contributed by atoms with E-state index in [9.17, 15) is 14.4 Å². The van der Waals surface area contributed by atoms with Crippen molar-refractivity contribution in [3.05, 3.63) is 83.9 Å². The van der Waals surface area contributed by atoms with E-state index >= 15 is 0 Å². The molecular weight excluding hydrogens is 594 g/mol. The molecule has 4 aromatic rings. The number of aromatic nitrogens is 3. The van der Waals surface area contributed by atoms with Gasteiger partial charge in [0.1, 0.15) is 18.0 Å². The maximum absolute atomic E-state index is 13.5. The Kier molecular flexibility index (Phi) is 11.3. The van der Waals surface area contributed by atoms with Gasteiger partial charge in [-0.2, -0.15) is 0 Å². The van der Waals surface area contributed by atoms with Gasteiger partial charge in [-0.1, -0.05) is 73.2 Å². The molecule has 3 amide bonds. The zero-order valence-corrected chi connectivity index (χ0v) is 27.3. The molecule has 0 aliphatic carbocycles. The van der Waals surface area contributed by atoms with Crippen LogP contribution in [-0.4, -0.2) is 59.6 Å². The van der Waals surface area contributed by atoms with Crippen molar-refractivity contribution in [2.24, 2.45) is 0 Å². The average Bonchev–Trinajstić information content (AvgIpc) is 3.54. The third-order valence-electron chi connectivity index (χ3n) is 8.39. The van der Waals surface area contributed by atoms with Crippen LogP contribution in [0.4, 0.5) is 10.5 Å². The summed E-state index contributed by atoms with van der Waals surface area (Å²) >= 11 is 0. The molecule has 1 atom stereocenters. The maximum atomic E-state index is 13.5. The van der Waals surface area contributed by atoms with Gasteiger partial charge in [-0.3, -0.25) is 9.59 Å². The van der Waals surface area contributed by atoms with Gasteiger partial charge in [-0.15, -0.1) is 5.10 Å². The van der Waals surface area contributed by atoms with Crippen LogP contribution in [0.3, 0.4) is 0 Å². The second-order valence-electron chi connectivity index (χ2n) is 11.6. The summed E-state index contributed by atoms with van der Waals surface area (Å²) in [5, 5.41) is 17.7. The number of ether oxygens (including phenoxy) is 1. The molecular formula is C36H43N7O4. The number of likely N-dealkylation sites (N-methyl/N-ethyl adjacent to an activating group) is 2. The molecule has 2 heterocycles. The Labute approximate surface area is 275 Å². The zero-order valence-electron chi connectivity index (χ0n) is 27.3. The number of rotatable bonds is 13. The Morgan fingerprint density at radius 2 is 1.72 bits per heavy atom. The summed E-state index contributed by atoms with van der Waals surface area (Å²) in [5.74, 6) is 0.0413. The Hall–Kier alpha value is -5.03. The van der Waals surface area contributed by atoms with Crippen molar-refractivity contribution in [3.8, 4) is 28.2 Å². The van der Waals surface area contributed by atoms with E-state index in [0.717, 1.165) is 65.0 Å². The maximum Gasteiger partial charge on any atom is 0.407 e. The van der Waals surface area contributed by atoms with Gasteiger partial charge in [0.2, 0.25) is 11.8 Å². The third-order valence-corrected chi connectivity index (χ3v) is 8.39. The molecule has 1 aliphatic rings. The van der Waals surface area contributed by atoms with E-state index in [1.54, 1.807) is 14.1 Å². The van der Waals surface area contributed by atoms with Crippen molar-refractivity contribution >= 4 is 23.6 Å². The van der Waals surface area contributed by atoms with Crippen LogP contribution in [0.15, 0.2) is 72.8 Å². The fourth-order valence-electron chi connectivity index (χ4n) is 5.85. The lowest BCUT2D eigenvalue weighted by Gasteiger charge is -2.28. The molecule has 0 saturated carbocycles. The highest BCUT2D eigenvalue weighted by atomic mass is 16.5. The molecule has 1 aromatic heterocycles. The number of hydrogen-bond donors (Lipinski definition) is 3. The van der Waals surface area contributed by atoms with E-state index < -0.39 is 6.09 Å². The Bertz CT molecular complexity index is 1700. The molecule has 0 radical (unpaired) electrons. The third kappa shape index (κ3) is 7.86. The fourth-order valence-corrected chi connectivity index (χ4v) is 5.85. The number of para-hydroxylation sites is 1. The van der Waals surface area contributed by atoms with Crippen molar-refractivity contribution in [1.82, 2.24) is 30.9 Å². The second-order valence-corrected chi connectivity index (χ2v) is 11.6. The molecule has 246 valence electrons. The van der Waals surface area contributed by atoms with Crippen LogP contribution in [0.2, 0.25) is 0 Å². The molecule has 0 saturated heterocycles. The minimum atomic E-state index is -0.499. The number of alkyl carbamates (subject to hydrolysis) is 1. The van der Waals surface area contributed by atoms with Gasteiger partial charge >= 0.3 is 6.09 Å². The van der Waals surface area contributed by atoms with Crippen molar-refractivity contribution in [2.45, 2.75) is 64.6 Å². The first-order valence-corrected chi connectivity index (χ1v) is 16.3. The first-order valence-electron chi connectivity index (χ1n) is 16.3. The summed E-state index contributed by atoms with van der Waals surface area (Å²) in [6.07, 6.45) is 3.95. The van der Waals surface area contributed by atoms with Gasteiger partial charge in [0.25, 0.3) is 0 Å². The molecule has 3 aromatic carbocycles. The van der Waals surface area contributed by atoms with Crippen LogP contribution in [0.1, 0.15) is 56.6 Å². The molecule has 0 bridgehead atoms. The molecule has 47 heavy (non-hydrogen) atoms. The largest absolute Gasteiger partial charge is 0.445 e. The highest BCUT2D eigenvalue weighted by Gasteiger charge is 2.29. The highest BCUT2D eigenvalue weighted by Crippen LogP contribution is 2.42. The van der Waals surface area contributed by atoms with E-state index in [-0.39, 0.29) is 24.5 Å². The topological polar surface area (TPSA) is 130 Å². The van der Waals surface area contributed by atoms with Crippen LogP contribution in [0, 0.1) is 0 Å². The molecule has 11 nitrogen and oxygen atoms in total. The summed E-state index contributed by atoms with van der Waals surface area (Å²) in [6.45, 7) is 3.07. The predicted octanol–water partition coefficient (Wildman–Crippen LogP) is 5.37. The monoisotopic (exact) mass is 637 g/mol. The summed E-state index contributed by atoms with van der Waals surface area (Å²) in [6, 6.07) is 23.4. The van der Waals surface area contributed by atoms with E-state index in [4.69, 9.17) is 4.74 Å². The highest BCUT2D eigenvalue weighted by molar-refractivity contribution is 6.00. The molecule has 0 spiro atoms. The van der Waals surface area contributed by atoms with E-state index in [1.165, 1.54) is 0 Å². The predicted molar refractivity (Wildman–Crippen MR) is 182 cm³/mol. The number of fused-ring (bicyclic) bond motifs is 5. The number of unbranched alkanes of at least 4 members (excludes halogenated alkanes) is 2. The van der Waals surface area contributed by atoms with Gasteiger partial charge in [0.15, 0.2) is 0 Å². The molecule has 0 fully saturated rings. The average molecular weight is 638 g/mol. The summed E-state index contributed by atoms with van der Waals surface area (Å²) in [4.78, 5) is 39.6. The van der Waals surface area contributed by atoms with Gasteiger partial charge in [0, 0.05) is 31.1 Å². The molecule has 0 unspecified atom stereocenters. The first kappa shape index (κ1) is 33.3. The Balaban J connectivity index is 1.33. The molecule has 1 aliphatic heterocycles. The van der Waals surface area contributed by atoms with E-state index in [1.807, 2.05) is 82.4 Å². The van der Waals surface area contributed by atoms with Gasteiger partial charge in [0.05, 0.1) is 24.0 Å². The summed E-state index contributed by atoms with van der Waals surface area (Å²) in [7, 11) is 3.38. The number of carbonyl (C=O) groups excluding carboxylic acids is 3. The van der Waals surface area contributed by atoms with Crippen molar-refractivity contribution < 1.29 is 19.1 Å². The van der Waals surface area contributed by atoms with Crippen molar-refractivity contribution in [3.63, 3.8) is 0 Å². The summed E-state index contributed by atoms with van der Waals surface area (Å²) in [5.41, 5.74) is 6.73. The minimum absolute atomic E-state index is 0.0467. The Morgan fingerprint density at radius 3 is 2.51 bits per heavy atom. The molecule has 3 N–H and O–H groups in total. The van der Waals surface area contributed by atoms with Gasteiger partial charge in [-0.25, -0.2) is 9.48 Å². The second kappa shape index (κ2) is 16.0. The number of anilines is 1. The lowest BCUT2D eigenvalue weighted by atomic mass is 9.95. The number of carbonyl (C=O) groups is 3. The fraction of sp³-hybridized carbons (Fsp3) is 0.361. The van der Waals surface area contributed by atoms with Crippen LogP contribution < -0.4 is 20.9 Å². The van der Waals surface area contributed by atoms with Crippen LogP contribution in [0.25, 0.3) is 28.2 Å². The lowest BCUT2D eigenvalue weighted by molar-refractivity contribution is -0.122. The standard InChI is InChI=1S/C36H43N7O4/c1-4-5-20-32(44)42-23-26-14-6-7-16-28(26)34-33(29-17-8-9-19-31(29)42)40-41-43(34)27-15-12-13-25(22-27)24-47-36(46)39-21-11-10-18-30(37-2)35(45)38-3/h6-9,12-17,19,22,30,37H,4-5,10-11,18,20-21,23-24H2,1-3H3,(H,38,45)(H,39,46)/t30-/m0/s1. The number of nitrogens with one attached hydrogen (secondary N) is 3. The number of nitrogens with zero attached hydrogens (tertiary/aromatic N) is 4. The van der Waals surface area contributed by atoms with Crippen LogP contribution in [0.5, 0.6) is 0 Å². The van der Waals surface area contributed by atoms with Crippen molar-refractivity contribution in [1.29, 1.82) is 0 Å². The normalized spacial score (nSPS) is 12.5. The Morgan fingerprint density at radius 1 is 0.936 bits per heavy atom. The van der Waals surface area contributed by atoms with Crippen LogP contribution >= 0.6 is 0 Å². The first-order chi connectivity index (χ1) is 22.9.